The fraction of sp³-hybridized carbons (Fsp3) is 0.875. The van der Waals surface area contributed by atoms with E-state index in [2.05, 4.69) is 15.9 Å². The van der Waals surface area contributed by atoms with Crippen molar-refractivity contribution >= 4 is 21.9 Å². The average Bonchev–Trinajstić information content (AvgIpc) is 2.51. The van der Waals surface area contributed by atoms with Gasteiger partial charge in [-0.05, 0) is 18.8 Å². The summed E-state index contributed by atoms with van der Waals surface area (Å²) in [4.78, 5) is 11.7. The lowest BCUT2D eigenvalue weighted by atomic mass is 10.1. The molecule has 0 aromatic carbocycles. The van der Waals surface area contributed by atoms with Gasteiger partial charge in [0.25, 0.3) is 0 Å². The Morgan fingerprint density at radius 3 is 2.91 bits per heavy atom. The van der Waals surface area contributed by atoms with Gasteiger partial charge >= 0.3 is 5.97 Å². The number of carbonyl (C=O) groups is 1. The molecule has 2 aliphatic carbocycles. The number of halogens is 1. The summed E-state index contributed by atoms with van der Waals surface area (Å²) in [5.74, 6) is 0.553. The van der Waals surface area contributed by atoms with Gasteiger partial charge in [-0.3, -0.25) is 4.79 Å². The molecular formula is C8H11BrO2. The first-order valence-corrected chi connectivity index (χ1v) is 4.87. The molecule has 2 rings (SSSR count). The molecule has 0 N–H and O–H groups in total. The maximum atomic E-state index is 11.3. The van der Waals surface area contributed by atoms with Crippen LogP contribution in [0.15, 0.2) is 0 Å². The smallest absolute Gasteiger partial charge is 0.313 e. The summed E-state index contributed by atoms with van der Waals surface area (Å²) >= 11 is 3.52. The van der Waals surface area contributed by atoms with Crippen molar-refractivity contribution in [3.05, 3.63) is 0 Å². The molecule has 0 amide bonds. The van der Waals surface area contributed by atoms with Crippen molar-refractivity contribution in [1.29, 1.82) is 0 Å². The van der Waals surface area contributed by atoms with Crippen molar-refractivity contribution < 1.29 is 9.53 Å². The highest BCUT2D eigenvalue weighted by Crippen LogP contribution is 2.67. The highest BCUT2D eigenvalue weighted by atomic mass is 79.9. The maximum absolute atomic E-state index is 11.3. The molecule has 0 unspecified atom stereocenters. The Hall–Kier alpha value is -0.0500. The average molecular weight is 219 g/mol. The lowest BCUT2D eigenvalue weighted by Crippen LogP contribution is -2.19. The minimum atomic E-state index is -0.116. The zero-order valence-electron chi connectivity index (χ0n) is 6.47. The van der Waals surface area contributed by atoms with Crippen LogP contribution in [0.25, 0.3) is 0 Å². The first kappa shape index (κ1) is 7.59. The van der Waals surface area contributed by atoms with Crippen molar-refractivity contribution in [3.8, 4) is 0 Å². The van der Waals surface area contributed by atoms with Gasteiger partial charge < -0.3 is 4.74 Å². The number of hydrogen-bond donors (Lipinski definition) is 0. The SMILES string of the molecule is COC(=O)[C@@]12CCC[C@@H]1[C@H]2Br. The van der Waals surface area contributed by atoms with E-state index in [1.165, 1.54) is 20.0 Å². The summed E-state index contributed by atoms with van der Waals surface area (Å²) in [5.41, 5.74) is -0.116. The molecule has 2 nitrogen and oxygen atoms in total. The topological polar surface area (TPSA) is 26.3 Å². The number of carbonyl (C=O) groups excluding carboxylic acids is 1. The Morgan fingerprint density at radius 2 is 2.45 bits per heavy atom. The molecule has 0 heterocycles. The van der Waals surface area contributed by atoms with Crippen LogP contribution < -0.4 is 0 Å². The third-order valence-electron chi connectivity index (χ3n) is 3.07. The van der Waals surface area contributed by atoms with Crippen LogP contribution in [0, 0.1) is 11.3 Å². The number of rotatable bonds is 1. The monoisotopic (exact) mass is 218 g/mol. The van der Waals surface area contributed by atoms with Gasteiger partial charge in [0.2, 0.25) is 0 Å². The van der Waals surface area contributed by atoms with Crippen molar-refractivity contribution in [1.82, 2.24) is 0 Å². The third kappa shape index (κ3) is 0.750. The van der Waals surface area contributed by atoms with Crippen LogP contribution in [0.5, 0.6) is 0 Å². The van der Waals surface area contributed by atoms with Crippen LogP contribution in [0.3, 0.4) is 0 Å². The van der Waals surface area contributed by atoms with E-state index in [1.54, 1.807) is 0 Å². The van der Waals surface area contributed by atoms with E-state index in [1.807, 2.05) is 0 Å². The number of methoxy groups -OCH3 is 1. The Balaban J connectivity index is 2.17. The van der Waals surface area contributed by atoms with E-state index in [0.29, 0.717) is 10.7 Å². The third-order valence-corrected chi connectivity index (χ3v) is 4.52. The molecule has 0 spiro atoms. The second kappa shape index (κ2) is 2.22. The molecule has 0 aromatic rings. The zero-order valence-corrected chi connectivity index (χ0v) is 8.06. The second-order valence-electron chi connectivity index (χ2n) is 3.43. The minimum absolute atomic E-state index is 0.0122. The molecule has 0 radical (unpaired) electrons. The Kier molecular flexibility index (Phi) is 1.53. The molecule has 3 heteroatoms. The number of hydrogen-bond acceptors (Lipinski definition) is 2. The number of ether oxygens (including phenoxy) is 1. The van der Waals surface area contributed by atoms with Gasteiger partial charge in [-0.15, -0.1) is 0 Å². The highest BCUT2D eigenvalue weighted by molar-refractivity contribution is 9.09. The molecule has 0 bridgehead atoms. The number of fused-ring (bicyclic) bond motifs is 1. The van der Waals surface area contributed by atoms with E-state index in [9.17, 15) is 4.79 Å². The van der Waals surface area contributed by atoms with Gasteiger partial charge in [0.1, 0.15) is 0 Å². The van der Waals surface area contributed by atoms with E-state index in [0.717, 1.165) is 6.42 Å². The van der Waals surface area contributed by atoms with Crippen LogP contribution in [0.4, 0.5) is 0 Å². The summed E-state index contributed by atoms with van der Waals surface area (Å²) in [6.45, 7) is 0. The molecule has 0 saturated heterocycles. The van der Waals surface area contributed by atoms with E-state index in [-0.39, 0.29) is 11.4 Å². The summed E-state index contributed by atoms with van der Waals surface area (Å²) in [7, 11) is 1.48. The summed E-state index contributed by atoms with van der Waals surface area (Å²) in [5, 5.41) is 0. The predicted molar refractivity (Wildman–Crippen MR) is 44.5 cm³/mol. The van der Waals surface area contributed by atoms with E-state index >= 15 is 0 Å². The van der Waals surface area contributed by atoms with Gasteiger partial charge in [0, 0.05) is 4.83 Å². The largest absolute Gasteiger partial charge is 0.469 e. The lowest BCUT2D eigenvalue weighted by molar-refractivity contribution is -0.147. The van der Waals surface area contributed by atoms with Crippen LogP contribution in [0.2, 0.25) is 0 Å². The standard InChI is InChI=1S/C8H11BrO2/c1-11-7(10)8-4-2-3-5(8)6(8)9/h5-6H,2-4H2,1H3/t5-,6-,8+/m1/s1. The van der Waals surface area contributed by atoms with E-state index in [4.69, 9.17) is 4.74 Å². The zero-order chi connectivity index (χ0) is 8.06. The fourth-order valence-corrected chi connectivity index (χ4v) is 3.70. The normalized spacial score (nSPS) is 46.7. The summed E-state index contributed by atoms with van der Waals surface area (Å²) in [6.07, 6.45) is 3.38. The van der Waals surface area contributed by atoms with Gasteiger partial charge in [0.15, 0.2) is 0 Å². The molecule has 2 saturated carbocycles. The van der Waals surface area contributed by atoms with Crippen molar-refractivity contribution in [3.63, 3.8) is 0 Å². The molecule has 0 aliphatic heterocycles. The maximum Gasteiger partial charge on any atom is 0.313 e. The van der Waals surface area contributed by atoms with Gasteiger partial charge in [-0.25, -0.2) is 0 Å². The summed E-state index contributed by atoms with van der Waals surface area (Å²) in [6, 6.07) is 0. The van der Waals surface area contributed by atoms with Crippen LogP contribution in [0.1, 0.15) is 19.3 Å². The van der Waals surface area contributed by atoms with Crippen molar-refractivity contribution in [2.45, 2.75) is 24.1 Å². The number of esters is 1. The number of alkyl halides is 1. The summed E-state index contributed by atoms with van der Waals surface area (Å²) < 4.78 is 4.78. The van der Waals surface area contributed by atoms with Crippen LogP contribution >= 0.6 is 15.9 Å². The molecular weight excluding hydrogens is 208 g/mol. The first-order valence-electron chi connectivity index (χ1n) is 3.96. The Labute approximate surface area is 74.4 Å². The highest BCUT2D eigenvalue weighted by Gasteiger charge is 2.71. The molecule has 0 aromatic heterocycles. The lowest BCUT2D eigenvalue weighted by Gasteiger charge is -2.08. The molecule has 2 aliphatic rings. The van der Waals surface area contributed by atoms with Crippen molar-refractivity contribution in [2.24, 2.45) is 11.3 Å². The van der Waals surface area contributed by atoms with Crippen molar-refractivity contribution in [2.75, 3.05) is 7.11 Å². The second-order valence-corrected chi connectivity index (χ2v) is 4.42. The van der Waals surface area contributed by atoms with Gasteiger partial charge in [-0.1, -0.05) is 22.4 Å². The fourth-order valence-electron chi connectivity index (χ4n) is 2.37. The van der Waals surface area contributed by atoms with Crippen LogP contribution in [-0.2, 0) is 9.53 Å². The first-order chi connectivity index (χ1) is 5.23. The molecule has 62 valence electrons. The minimum Gasteiger partial charge on any atom is -0.469 e. The Bertz CT molecular complexity index is 204. The van der Waals surface area contributed by atoms with E-state index < -0.39 is 0 Å². The predicted octanol–water partition coefficient (Wildman–Crippen LogP) is 1.72. The quantitative estimate of drug-likeness (QED) is 0.495. The molecule has 3 atom stereocenters. The van der Waals surface area contributed by atoms with Gasteiger partial charge in [-0.2, -0.15) is 0 Å². The van der Waals surface area contributed by atoms with Gasteiger partial charge in [0.05, 0.1) is 12.5 Å². The Morgan fingerprint density at radius 1 is 1.73 bits per heavy atom. The molecule has 2 fully saturated rings. The molecule has 11 heavy (non-hydrogen) atoms. The van der Waals surface area contributed by atoms with Crippen LogP contribution in [-0.4, -0.2) is 17.9 Å².